The predicted octanol–water partition coefficient (Wildman–Crippen LogP) is 2.63. The summed E-state index contributed by atoms with van der Waals surface area (Å²) in [5.74, 6) is -0.0709. The molecule has 1 N–H and O–H groups in total. The molecule has 1 amide bonds. The summed E-state index contributed by atoms with van der Waals surface area (Å²) in [6.45, 7) is 3.11. The minimum absolute atomic E-state index is 0.0709. The van der Waals surface area contributed by atoms with E-state index in [2.05, 4.69) is 16.2 Å². The Balaban J connectivity index is 1.84. The van der Waals surface area contributed by atoms with Crippen LogP contribution in [0, 0.1) is 6.92 Å². The number of fused-ring (bicyclic) bond motifs is 1. The number of carbonyl (C=O) groups is 1. The monoisotopic (exact) mass is 350 g/mol. The van der Waals surface area contributed by atoms with Gasteiger partial charge in [-0.15, -0.1) is 11.3 Å². The lowest BCUT2D eigenvalue weighted by Crippen LogP contribution is -2.35. The maximum Gasteiger partial charge on any atom is 0.254 e. The lowest BCUT2D eigenvalue weighted by atomic mass is 10.1. The molecule has 5 nitrogen and oxygen atoms in total. The van der Waals surface area contributed by atoms with Crippen molar-refractivity contribution < 1.29 is 13.2 Å². The normalized spacial score (nSPS) is 14.4. The van der Waals surface area contributed by atoms with Gasteiger partial charge in [0.05, 0.1) is 11.9 Å². The van der Waals surface area contributed by atoms with Gasteiger partial charge < -0.3 is 4.90 Å². The Morgan fingerprint density at radius 3 is 2.83 bits per heavy atom. The highest BCUT2D eigenvalue weighted by molar-refractivity contribution is 7.92. The van der Waals surface area contributed by atoms with Crippen molar-refractivity contribution in [3.8, 4) is 0 Å². The number of carbonyl (C=O) groups excluding carboxylic acids is 1. The molecule has 1 aromatic carbocycles. The van der Waals surface area contributed by atoms with E-state index in [4.69, 9.17) is 0 Å². The van der Waals surface area contributed by atoms with Crippen LogP contribution >= 0.6 is 11.3 Å². The van der Waals surface area contributed by atoms with E-state index < -0.39 is 10.0 Å². The number of amides is 1. The van der Waals surface area contributed by atoms with E-state index in [1.54, 1.807) is 36.5 Å². The topological polar surface area (TPSA) is 66.5 Å². The number of benzene rings is 1. The van der Waals surface area contributed by atoms with E-state index >= 15 is 0 Å². The summed E-state index contributed by atoms with van der Waals surface area (Å²) in [6, 6.07) is 7.18. The molecule has 23 heavy (non-hydrogen) atoms. The van der Waals surface area contributed by atoms with Gasteiger partial charge in [0.1, 0.15) is 0 Å². The smallest absolute Gasteiger partial charge is 0.254 e. The second kappa shape index (κ2) is 5.98. The minimum Gasteiger partial charge on any atom is -0.334 e. The number of rotatable bonds is 3. The Bertz CT molecular complexity index is 856. The number of anilines is 1. The third-order valence-electron chi connectivity index (χ3n) is 3.87. The third-order valence-corrected chi connectivity index (χ3v) is 5.49. The Morgan fingerprint density at radius 1 is 1.30 bits per heavy atom. The highest BCUT2D eigenvalue weighted by atomic mass is 32.2. The SMILES string of the molecule is Cc1ccc(C(=O)N2CCc3sccc3C2)cc1NS(C)(=O)=O. The molecule has 0 saturated carbocycles. The first-order chi connectivity index (χ1) is 10.8. The second-order valence-electron chi connectivity index (χ2n) is 5.75. The predicted molar refractivity (Wildman–Crippen MR) is 92.4 cm³/mol. The van der Waals surface area contributed by atoms with E-state index in [0.717, 1.165) is 18.2 Å². The van der Waals surface area contributed by atoms with E-state index in [9.17, 15) is 13.2 Å². The maximum atomic E-state index is 12.7. The van der Waals surface area contributed by atoms with Crippen LogP contribution in [-0.2, 0) is 23.0 Å². The van der Waals surface area contributed by atoms with Crippen molar-refractivity contribution in [2.75, 3.05) is 17.5 Å². The molecule has 2 aromatic rings. The molecule has 2 heterocycles. The largest absolute Gasteiger partial charge is 0.334 e. The molecule has 0 unspecified atom stereocenters. The molecular formula is C16H18N2O3S2. The van der Waals surface area contributed by atoms with Crippen molar-refractivity contribution in [1.29, 1.82) is 0 Å². The van der Waals surface area contributed by atoms with Crippen LogP contribution in [0.3, 0.4) is 0 Å². The van der Waals surface area contributed by atoms with Crippen LogP contribution < -0.4 is 4.72 Å². The molecule has 1 aliphatic rings. The van der Waals surface area contributed by atoms with E-state index in [0.29, 0.717) is 24.3 Å². The van der Waals surface area contributed by atoms with Crippen LogP contribution in [0.4, 0.5) is 5.69 Å². The van der Waals surface area contributed by atoms with E-state index in [1.807, 2.05) is 4.90 Å². The fourth-order valence-electron chi connectivity index (χ4n) is 2.67. The number of aryl methyl sites for hydroxylation is 1. The first-order valence-electron chi connectivity index (χ1n) is 7.26. The van der Waals surface area contributed by atoms with Crippen LogP contribution in [0.1, 0.15) is 26.4 Å². The van der Waals surface area contributed by atoms with Crippen LogP contribution in [0.15, 0.2) is 29.6 Å². The summed E-state index contributed by atoms with van der Waals surface area (Å²) in [7, 11) is -3.37. The Kier molecular flexibility index (Phi) is 4.16. The first-order valence-corrected chi connectivity index (χ1v) is 10.0. The summed E-state index contributed by atoms with van der Waals surface area (Å²) < 4.78 is 25.3. The Labute approximate surface area is 140 Å². The Morgan fingerprint density at radius 2 is 2.09 bits per heavy atom. The van der Waals surface area contributed by atoms with Crippen molar-refractivity contribution >= 4 is 33.0 Å². The number of hydrogen-bond acceptors (Lipinski definition) is 4. The molecule has 3 rings (SSSR count). The van der Waals surface area contributed by atoms with Crippen LogP contribution in [0.5, 0.6) is 0 Å². The van der Waals surface area contributed by atoms with Crippen LogP contribution in [-0.4, -0.2) is 32.0 Å². The number of nitrogens with zero attached hydrogens (tertiary/aromatic N) is 1. The molecule has 0 radical (unpaired) electrons. The fraction of sp³-hybridized carbons (Fsp3) is 0.312. The quantitative estimate of drug-likeness (QED) is 0.925. The molecule has 0 saturated heterocycles. The second-order valence-corrected chi connectivity index (χ2v) is 8.50. The summed E-state index contributed by atoms with van der Waals surface area (Å²) >= 11 is 1.73. The minimum atomic E-state index is -3.37. The zero-order valence-corrected chi connectivity index (χ0v) is 14.6. The molecule has 1 aliphatic heterocycles. The molecule has 1 aromatic heterocycles. The molecular weight excluding hydrogens is 332 g/mol. The van der Waals surface area contributed by atoms with Gasteiger partial charge in [-0.2, -0.15) is 0 Å². The van der Waals surface area contributed by atoms with Gasteiger partial charge in [0.15, 0.2) is 0 Å². The van der Waals surface area contributed by atoms with Gasteiger partial charge in [-0.25, -0.2) is 8.42 Å². The molecule has 0 spiro atoms. The summed E-state index contributed by atoms with van der Waals surface area (Å²) in [5.41, 5.74) is 2.94. The van der Waals surface area contributed by atoms with Crippen molar-refractivity contribution in [3.05, 3.63) is 51.2 Å². The van der Waals surface area contributed by atoms with Gasteiger partial charge in [0, 0.05) is 23.5 Å². The highest BCUT2D eigenvalue weighted by Gasteiger charge is 2.23. The maximum absolute atomic E-state index is 12.7. The Hall–Kier alpha value is -1.86. The number of nitrogens with one attached hydrogen (secondary N) is 1. The van der Waals surface area contributed by atoms with Crippen molar-refractivity contribution in [2.45, 2.75) is 19.9 Å². The molecule has 0 fully saturated rings. The van der Waals surface area contributed by atoms with E-state index in [1.165, 1.54) is 10.4 Å². The van der Waals surface area contributed by atoms with Gasteiger partial charge in [-0.05, 0) is 48.1 Å². The molecule has 0 bridgehead atoms. The average Bonchev–Trinajstić information content (AvgIpc) is 2.94. The van der Waals surface area contributed by atoms with Gasteiger partial charge in [-0.1, -0.05) is 6.07 Å². The van der Waals surface area contributed by atoms with Crippen LogP contribution in [0.25, 0.3) is 0 Å². The van der Waals surface area contributed by atoms with Gasteiger partial charge in [0.2, 0.25) is 10.0 Å². The average molecular weight is 350 g/mol. The molecule has 122 valence electrons. The standard InChI is InChI=1S/C16H18N2O3S2/c1-11-3-4-12(9-14(11)17-23(2,20)21)16(19)18-7-5-15-13(10-18)6-8-22-15/h3-4,6,8-9,17H,5,7,10H2,1-2H3. The number of hydrogen-bond donors (Lipinski definition) is 1. The highest BCUT2D eigenvalue weighted by Crippen LogP contribution is 2.26. The first kappa shape index (κ1) is 16.0. The van der Waals surface area contributed by atoms with Crippen molar-refractivity contribution in [3.63, 3.8) is 0 Å². The van der Waals surface area contributed by atoms with Crippen LogP contribution in [0.2, 0.25) is 0 Å². The lowest BCUT2D eigenvalue weighted by molar-refractivity contribution is 0.0736. The molecule has 7 heteroatoms. The molecule has 0 atom stereocenters. The van der Waals surface area contributed by atoms with E-state index in [-0.39, 0.29) is 5.91 Å². The summed E-state index contributed by atoms with van der Waals surface area (Å²) in [6.07, 6.45) is 1.97. The van der Waals surface area contributed by atoms with Crippen molar-refractivity contribution in [1.82, 2.24) is 4.90 Å². The third kappa shape index (κ3) is 3.56. The van der Waals surface area contributed by atoms with Gasteiger partial charge in [-0.3, -0.25) is 9.52 Å². The zero-order chi connectivity index (χ0) is 16.6. The van der Waals surface area contributed by atoms with Crippen molar-refractivity contribution in [2.24, 2.45) is 0 Å². The summed E-state index contributed by atoms with van der Waals surface area (Å²) in [4.78, 5) is 15.9. The van der Waals surface area contributed by atoms with Gasteiger partial charge >= 0.3 is 0 Å². The fourth-order valence-corrected chi connectivity index (χ4v) is 4.18. The lowest BCUT2D eigenvalue weighted by Gasteiger charge is -2.27. The number of sulfonamides is 1. The van der Waals surface area contributed by atoms with Gasteiger partial charge in [0.25, 0.3) is 5.91 Å². The summed E-state index contributed by atoms with van der Waals surface area (Å²) in [5, 5.41) is 2.05. The number of thiophene rings is 1. The zero-order valence-electron chi connectivity index (χ0n) is 13.0. The molecule has 0 aliphatic carbocycles.